The van der Waals surface area contributed by atoms with Gasteiger partial charge in [-0.15, -0.1) is 10.2 Å². The van der Waals surface area contributed by atoms with Gasteiger partial charge in [0.2, 0.25) is 0 Å². The summed E-state index contributed by atoms with van der Waals surface area (Å²) in [6.07, 6.45) is 0. The van der Waals surface area contributed by atoms with E-state index >= 15 is 0 Å². The molecule has 0 amide bonds. The summed E-state index contributed by atoms with van der Waals surface area (Å²) in [6, 6.07) is 14.0. The Balaban J connectivity index is 1.63. The molecule has 0 saturated carbocycles. The summed E-state index contributed by atoms with van der Waals surface area (Å²) in [5.74, 6) is 1.55. The van der Waals surface area contributed by atoms with Crippen LogP contribution in [0.3, 0.4) is 0 Å². The second kappa shape index (κ2) is 7.68. The number of para-hydroxylation sites is 1. The number of thioether (sulfide) groups is 1. The van der Waals surface area contributed by atoms with Gasteiger partial charge in [0.15, 0.2) is 11.0 Å². The van der Waals surface area contributed by atoms with E-state index in [4.69, 9.17) is 16.3 Å². The number of halogens is 2. The number of hydrogen-bond donors (Lipinski definition) is 0. The Morgan fingerprint density at radius 1 is 1.12 bits per heavy atom. The molecule has 0 atom stereocenters. The lowest BCUT2D eigenvalue weighted by Crippen LogP contribution is -2.04. The van der Waals surface area contributed by atoms with Gasteiger partial charge in [-0.1, -0.05) is 53.7 Å². The van der Waals surface area contributed by atoms with Crippen LogP contribution in [-0.4, -0.2) is 14.8 Å². The lowest BCUT2D eigenvalue weighted by atomic mass is 10.2. The van der Waals surface area contributed by atoms with E-state index in [-0.39, 0.29) is 12.4 Å². The van der Waals surface area contributed by atoms with Crippen molar-refractivity contribution < 1.29 is 9.13 Å². The zero-order chi connectivity index (χ0) is 16.9. The quantitative estimate of drug-likeness (QED) is 0.605. The summed E-state index contributed by atoms with van der Waals surface area (Å²) in [5, 5.41) is 9.52. The number of hydrogen-bond acceptors (Lipinski definition) is 4. The third kappa shape index (κ3) is 3.88. The molecule has 3 aromatic rings. The maximum Gasteiger partial charge on any atom is 0.191 e. The molecule has 3 rings (SSSR count). The van der Waals surface area contributed by atoms with Crippen molar-refractivity contribution in [3.05, 3.63) is 70.8 Å². The van der Waals surface area contributed by atoms with E-state index in [0.29, 0.717) is 33.1 Å². The van der Waals surface area contributed by atoms with E-state index in [0.717, 1.165) is 0 Å². The van der Waals surface area contributed by atoms with E-state index in [1.807, 2.05) is 29.8 Å². The summed E-state index contributed by atoms with van der Waals surface area (Å²) in [5.41, 5.74) is 0.638. The van der Waals surface area contributed by atoms with Gasteiger partial charge in [0.25, 0.3) is 0 Å². The van der Waals surface area contributed by atoms with Crippen molar-refractivity contribution in [3.63, 3.8) is 0 Å². The molecule has 1 aromatic heterocycles. The number of aromatic nitrogens is 3. The molecule has 0 aliphatic rings. The molecular formula is C17H15ClFN3OS. The lowest BCUT2D eigenvalue weighted by Gasteiger charge is -2.08. The van der Waals surface area contributed by atoms with Gasteiger partial charge < -0.3 is 9.30 Å². The number of nitrogens with zero attached hydrogens (tertiary/aromatic N) is 3. The first-order valence-electron chi connectivity index (χ1n) is 7.27. The largest absolute Gasteiger partial charge is 0.484 e. The van der Waals surface area contributed by atoms with Crippen LogP contribution in [0.15, 0.2) is 53.7 Å². The molecule has 0 radical (unpaired) electrons. The van der Waals surface area contributed by atoms with Crippen molar-refractivity contribution in [1.82, 2.24) is 14.8 Å². The molecule has 0 unspecified atom stereocenters. The Morgan fingerprint density at radius 2 is 1.88 bits per heavy atom. The van der Waals surface area contributed by atoms with Gasteiger partial charge in [0, 0.05) is 12.8 Å². The van der Waals surface area contributed by atoms with Gasteiger partial charge in [0.05, 0.1) is 5.02 Å². The highest BCUT2D eigenvalue weighted by atomic mass is 35.5. The molecule has 7 heteroatoms. The van der Waals surface area contributed by atoms with Crippen LogP contribution in [0.5, 0.6) is 5.75 Å². The normalized spacial score (nSPS) is 10.8. The Hall–Kier alpha value is -2.05. The van der Waals surface area contributed by atoms with Crippen molar-refractivity contribution in [2.75, 3.05) is 0 Å². The van der Waals surface area contributed by atoms with Crippen LogP contribution in [0.25, 0.3) is 0 Å². The zero-order valence-electron chi connectivity index (χ0n) is 12.9. The smallest absolute Gasteiger partial charge is 0.191 e. The SMILES string of the molecule is Cn1c(COc2ccccc2Cl)nnc1SCc1ccccc1F. The van der Waals surface area contributed by atoms with Crippen LogP contribution in [-0.2, 0) is 19.4 Å². The predicted octanol–water partition coefficient (Wildman–Crippen LogP) is 4.48. The van der Waals surface area contributed by atoms with Gasteiger partial charge in [-0.25, -0.2) is 4.39 Å². The van der Waals surface area contributed by atoms with Gasteiger partial charge in [0.1, 0.15) is 18.2 Å². The minimum atomic E-state index is -0.213. The Bertz CT molecular complexity index is 773. The third-order valence-corrected chi connectivity index (χ3v) is 4.81. The Morgan fingerprint density at radius 3 is 2.67 bits per heavy atom. The Kier molecular flexibility index (Phi) is 5.37. The van der Waals surface area contributed by atoms with E-state index in [1.165, 1.54) is 17.8 Å². The standard InChI is InChI=1S/C17H15ClFN3OS/c1-22-16(10-23-15-9-5-3-7-13(15)18)20-21-17(22)24-11-12-6-2-4-8-14(12)19/h2-9H,10-11H2,1H3. The van der Waals surface area contributed by atoms with E-state index in [9.17, 15) is 4.39 Å². The highest BCUT2D eigenvalue weighted by Crippen LogP contribution is 2.25. The first-order valence-corrected chi connectivity index (χ1v) is 8.63. The third-order valence-electron chi connectivity index (χ3n) is 3.43. The molecule has 0 N–H and O–H groups in total. The summed E-state index contributed by atoms with van der Waals surface area (Å²) < 4.78 is 21.2. The van der Waals surface area contributed by atoms with Gasteiger partial charge in [-0.2, -0.15) is 0 Å². The minimum Gasteiger partial charge on any atom is -0.484 e. The highest BCUT2D eigenvalue weighted by molar-refractivity contribution is 7.98. The second-order valence-corrected chi connectivity index (χ2v) is 6.41. The molecule has 1 heterocycles. The second-order valence-electron chi connectivity index (χ2n) is 5.06. The van der Waals surface area contributed by atoms with Gasteiger partial charge in [-0.3, -0.25) is 0 Å². The van der Waals surface area contributed by atoms with Gasteiger partial charge in [-0.05, 0) is 23.8 Å². The molecule has 0 aliphatic carbocycles. The van der Waals surface area contributed by atoms with Crippen LogP contribution in [0.1, 0.15) is 11.4 Å². The van der Waals surface area contributed by atoms with Crippen molar-refractivity contribution in [3.8, 4) is 5.75 Å². The van der Waals surface area contributed by atoms with Crippen LogP contribution in [0.2, 0.25) is 5.02 Å². The molecule has 4 nitrogen and oxygen atoms in total. The van der Waals surface area contributed by atoms with Crippen LogP contribution in [0.4, 0.5) is 4.39 Å². The molecule has 0 saturated heterocycles. The molecule has 0 fully saturated rings. The topological polar surface area (TPSA) is 39.9 Å². The maximum absolute atomic E-state index is 13.7. The predicted molar refractivity (Wildman–Crippen MR) is 92.7 cm³/mol. The van der Waals surface area contributed by atoms with E-state index in [1.54, 1.807) is 24.3 Å². The summed E-state index contributed by atoms with van der Waals surface area (Å²) >= 11 is 7.49. The maximum atomic E-state index is 13.7. The fourth-order valence-electron chi connectivity index (χ4n) is 2.06. The zero-order valence-corrected chi connectivity index (χ0v) is 14.5. The monoisotopic (exact) mass is 363 g/mol. The van der Waals surface area contributed by atoms with Gasteiger partial charge >= 0.3 is 0 Å². The lowest BCUT2D eigenvalue weighted by molar-refractivity contribution is 0.290. The van der Waals surface area contributed by atoms with Crippen molar-refractivity contribution in [2.24, 2.45) is 7.05 Å². The summed E-state index contributed by atoms with van der Waals surface area (Å²) in [6.45, 7) is 0.257. The molecule has 0 bridgehead atoms. The first-order chi connectivity index (χ1) is 11.6. The highest BCUT2D eigenvalue weighted by Gasteiger charge is 2.12. The fourth-order valence-corrected chi connectivity index (χ4v) is 3.16. The van der Waals surface area contributed by atoms with E-state index < -0.39 is 0 Å². The Labute approximate surface area is 148 Å². The van der Waals surface area contributed by atoms with Crippen molar-refractivity contribution in [2.45, 2.75) is 17.5 Å². The number of benzene rings is 2. The van der Waals surface area contributed by atoms with Crippen LogP contribution in [0, 0.1) is 5.82 Å². The van der Waals surface area contributed by atoms with Crippen LogP contribution < -0.4 is 4.74 Å². The molecular weight excluding hydrogens is 349 g/mol. The van der Waals surface area contributed by atoms with E-state index in [2.05, 4.69) is 10.2 Å². The number of rotatable bonds is 6. The average molecular weight is 364 g/mol. The summed E-state index contributed by atoms with van der Waals surface area (Å²) in [4.78, 5) is 0. The summed E-state index contributed by atoms with van der Waals surface area (Å²) in [7, 11) is 1.86. The molecule has 2 aromatic carbocycles. The van der Waals surface area contributed by atoms with Crippen molar-refractivity contribution >= 4 is 23.4 Å². The molecule has 24 heavy (non-hydrogen) atoms. The first kappa shape index (κ1) is 16.8. The van der Waals surface area contributed by atoms with Crippen LogP contribution >= 0.6 is 23.4 Å². The molecule has 124 valence electrons. The minimum absolute atomic E-state index is 0.213. The van der Waals surface area contributed by atoms with Crippen molar-refractivity contribution in [1.29, 1.82) is 0 Å². The fraction of sp³-hybridized carbons (Fsp3) is 0.176. The molecule has 0 aliphatic heterocycles. The average Bonchev–Trinajstić information content (AvgIpc) is 2.94. The number of ether oxygens (including phenoxy) is 1. The molecule has 0 spiro atoms.